The van der Waals surface area contributed by atoms with Gasteiger partial charge in [-0.25, -0.2) is 4.98 Å². The Kier molecular flexibility index (Phi) is 6.20. The van der Waals surface area contributed by atoms with E-state index in [0.29, 0.717) is 0 Å². The van der Waals surface area contributed by atoms with Gasteiger partial charge in [0.05, 0.1) is 10.7 Å². The Labute approximate surface area is 134 Å². The molecule has 2 heterocycles. The van der Waals surface area contributed by atoms with E-state index in [1.165, 1.54) is 9.75 Å². The van der Waals surface area contributed by atoms with Crippen LogP contribution in [-0.2, 0) is 12.8 Å². The SMILES string of the molecule is CN=C(NCCc1cccs1)NCCc1sc(C)nc1C. The number of thiophene rings is 1. The standard InChI is InChI=1S/C15H22N4S2/c1-11-14(21-12(2)19-11)7-9-18-15(16-3)17-8-6-13-5-4-10-20-13/h4-5,10H,6-9H2,1-3H3,(H2,16,17,18). The lowest BCUT2D eigenvalue weighted by atomic mass is 10.3. The molecule has 2 aromatic rings. The van der Waals surface area contributed by atoms with Crippen molar-refractivity contribution >= 4 is 28.6 Å². The molecular weight excluding hydrogens is 300 g/mol. The van der Waals surface area contributed by atoms with Crippen LogP contribution < -0.4 is 10.6 Å². The van der Waals surface area contributed by atoms with Gasteiger partial charge in [-0.05, 0) is 31.7 Å². The van der Waals surface area contributed by atoms with Crippen LogP contribution in [-0.4, -0.2) is 31.1 Å². The molecule has 2 N–H and O–H groups in total. The molecule has 0 aliphatic rings. The van der Waals surface area contributed by atoms with Crippen molar-refractivity contribution in [2.45, 2.75) is 26.7 Å². The van der Waals surface area contributed by atoms with Crippen molar-refractivity contribution in [3.05, 3.63) is 38.0 Å². The summed E-state index contributed by atoms with van der Waals surface area (Å²) in [6.45, 7) is 5.91. The van der Waals surface area contributed by atoms with Gasteiger partial charge in [-0.3, -0.25) is 4.99 Å². The summed E-state index contributed by atoms with van der Waals surface area (Å²) in [5.41, 5.74) is 1.15. The van der Waals surface area contributed by atoms with Gasteiger partial charge in [0.2, 0.25) is 0 Å². The number of aryl methyl sites for hydroxylation is 2. The molecule has 4 nitrogen and oxygen atoms in total. The smallest absolute Gasteiger partial charge is 0.190 e. The number of thiazole rings is 1. The largest absolute Gasteiger partial charge is 0.356 e. The van der Waals surface area contributed by atoms with E-state index < -0.39 is 0 Å². The number of aromatic nitrogens is 1. The van der Waals surface area contributed by atoms with E-state index in [2.05, 4.69) is 52.0 Å². The van der Waals surface area contributed by atoms with E-state index in [1.54, 1.807) is 22.7 Å². The molecule has 2 rings (SSSR count). The first-order chi connectivity index (χ1) is 10.2. The first-order valence-electron chi connectivity index (χ1n) is 7.09. The lowest BCUT2D eigenvalue weighted by Crippen LogP contribution is -2.39. The zero-order chi connectivity index (χ0) is 15.1. The maximum absolute atomic E-state index is 4.45. The fourth-order valence-corrected chi connectivity index (χ4v) is 3.73. The molecule has 0 saturated carbocycles. The fourth-order valence-electron chi connectivity index (χ4n) is 2.08. The maximum atomic E-state index is 4.45. The van der Waals surface area contributed by atoms with Crippen LogP contribution in [0.25, 0.3) is 0 Å². The van der Waals surface area contributed by atoms with Crippen LogP contribution in [0.5, 0.6) is 0 Å². The summed E-state index contributed by atoms with van der Waals surface area (Å²) in [5.74, 6) is 0.866. The molecule has 2 aromatic heterocycles. The predicted molar refractivity (Wildman–Crippen MR) is 92.7 cm³/mol. The van der Waals surface area contributed by atoms with E-state index >= 15 is 0 Å². The Morgan fingerprint density at radius 2 is 2.00 bits per heavy atom. The Balaban J connectivity index is 1.69. The van der Waals surface area contributed by atoms with Gasteiger partial charge >= 0.3 is 0 Å². The summed E-state index contributed by atoms with van der Waals surface area (Å²) >= 11 is 3.58. The molecule has 0 aliphatic carbocycles. The Morgan fingerprint density at radius 1 is 1.24 bits per heavy atom. The van der Waals surface area contributed by atoms with Crippen molar-refractivity contribution in [2.75, 3.05) is 20.1 Å². The summed E-state index contributed by atoms with van der Waals surface area (Å²) in [6.07, 6.45) is 2.02. The molecule has 0 fully saturated rings. The fraction of sp³-hybridized carbons (Fsp3) is 0.467. The third-order valence-corrected chi connectivity index (χ3v) is 5.18. The zero-order valence-corrected chi connectivity index (χ0v) is 14.4. The number of rotatable bonds is 6. The van der Waals surface area contributed by atoms with Crippen LogP contribution in [0.4, 0.5) is 0 Å². The molecule has 114 valence electrons. The average molecular weight is 323 g/mol. The number of hydrogen-bond acceptors (Lipinski definition) is 4. The molecule has 6 heteroatoms. The van der Waals surface area contributed by atoms with Gasteiger partial charge in [0.15, 0.2) is 5.96 Å². The van der Waals surface area contributed by atoms with Crippen LogP contribution in [0.2, 0.25) is 0 Å². The van der Waals surface area contributed by atoms with E-state index in [0.717, 1.165) is 42.6 Å². The minimum absolute atomic E-state index is 0.866. The second-order valence-corrected chi connectivity index (χ2v) is 7.07. The Hall–Kier alpha value is -1.40. The highest BCUT2D eigenvalue weighted by Gasteiger charge is 2.05. The van der Waals surface area contributed by atoms with E-state index in [-0.39, 0.29) is 0 Å². The highest BCUT2D eigenvalue weighted by atomic mass is 32.1. The molecule has 0 aliphatic heterocycles. The minimum Gasteiger partial charge on any atom is -0.356 e. The van der Waals surface area contributed by atoms with E-state index in [1.807, 2.05) is 7.05 Å². The van der Waals surface area contributed by atoms with Crippen molar-refractivity contribution in [1.29, 1.82) is 0 Å². The highest BCUT2D eigenvalue weighted by Crippen LogP contribution is 2.16. The zero-order valence-electron chi connectivity index (χ0n) is 12.8. The Bertz CT molecular complexity index is 573. The lowest BCUT2D eigenvalue weighted by Gasteiger charge is -2.11. The maximum Gasteiger partial charge on any atom is 0.190 e. The van der Waals surface area contributed by atoms with Crippen molar-refractivity contribution in [3.63, 3.8) is 0 Å². The van der Waals surface area contributed by atoms with Crippen molar-refractivity contribution in [1.82, 2.24) is 15.6 Å². The number of nitrogens with zero attached hydrogens (tertiary/aromatic N) is 2. The summed E-state index contributed by atoms with van der Waals surface area (Å²) < 4.78 is 0. The number of guanidine groups is 1. The van der Waals surface area contributed by atoms with Gasteiger partial charge in [-0.15, -0.1) is 22.7 Å². The molecule has 0 aromatic carbocycles. The summed E-state index contributed by atoms with van der Waals surface area (Å²) in [7, 11) is 1.81. The third-order valence-electron chi connectivity index (χ3n) is 3.11. The van der Waals surface area contributed by atoms with Gasteiger partial charge in [0, 0.05) is 36.3 Å². The van der Waals surface area contributed by atoms with Crippen LogP contribution >= 0.6 is 22.7 Å². The van der Waals surface area contributed by atoms with E-state index in [9.17, 15) is 0 Å². The highest BCUT2D eigenvalue weighted by molar-refractivity contribution is 7.11. The molecule has 0 amide bonds. The monoisotopic (exact) mass is 322 g/mol. The van der Waals surface area contributed by atoms with Gasteiger partial charge in [-0.2, -0.15) is 0 Å². The Morgan fingerprint density at radius 3 is 2.57 bits per heavy atom. The molecule has 0 radical (unpaired) electrons. The summed E-state index contributed by atoms with van der Waals surface area (Å²) in [6, 6.07) is 4.25. The second-order valence-electron chi connectivity index (χ2n) is 4.75. The van der Waals surface area contributed by atoms with Gasteiger partial charge in [0.1, 0.15) is 0 Å². The number of nitrogens with one attached hydrogen (secondary N) is 2. The second kappa shape index (κ2) is 8.14. The van der Waals surface area contributed by atoms with Gasteiger partial charge in [-0.1, -0.05) is 6.07 Å². The topological polar surface area (TPSA) is 49.3 Å². The first-order valence-corrected chi connectivity index (χ1v) is 8.78. The van der Waals surface area contributed by atoms with Gasteiger partial charge < -0.3 is 10.6 Å². The van der Waals surface area contributed by atoms with Crippen LogP contribution in [0.15, 0.2) is 22.5 Å². The summed E-state index contributed by atoms with van der Waals surface area (Å²) in [5, 5.41) is 9.96. The average Bonchev–Trinajstić information content (AvgIpc) is 3.07. The van der Waals surface area contributed by atoms with E-state index in [4.69, 9.17) is 0 Å². The van der Waals surface area contributed by atoms with Crippen molar-refractivity contribution < 1.29 is 0 Å². The quantitative estimate of drug-likeness (QED) is 0.635. The van der Waals surface area contributed by atoms with Crippen molar-refractivity contribution in [2.24, 2.45) is 4.99 Å². The van der Waals surface area contributed by atoms with Crippen LogP contribution in [0.3, 0.4) is 0 Å². The molecule has 0 unspecified atom stereocenters. The molecule has 0 spiro atoms. The molecule has 0 saturated heterocycles. The number of aliphatic imine (C=N–C) groups is 1. The molecule has 0 bridgehead atoms. The molecule has 21 heavy (non-hydrogen) atoms. The van der Waals surface area contributed by atoms with Gasteiger partial charge in [0.25, 0.3) is 0 Å². The van der Waals surface area contributed by atoms with Crippen LogP contribution in [0, 0.1) is 13.8 Å². The summed E-state index contributed by atoms with van der Waals surface area (Å²) in [4.78, 5) is 11.5. The third kappa shape index (κ3) is 5.13. The minimum atomic E-state index is 0.866. The van der Waals surface area contributed by atoms with Crippen molar-refractivity contribution in [3.8, 4) is 0 Å². The molecular formula is C15H22N4S2. The predicted octanol–water partition coefficient (Wildman–Crippen LogP) is 2.77. The van der Waals surface area contributed by atoms with Crippen LogP contribution in [0.1, 0.15) is 20.5 Å². The molecule has 0 atom stereocenters. The normalized spacial score (nSPS) is 11.7. The first kappa shape index (κ1) is 16.0. The lowest BCUT2D eigenvalue weighted by molar-refractivity contribution is 0.789. The number of hydrogen-bond donors (Lipinski definition) is 2.